The van der Waals surface area contributed by atoms with Crippen molar-refractivity contribution >= 4 is 29.4 Å². The average molecular weight is 415 g/mol. The number of rotatable bonds is 3. The van der Waals surface area contributed by atoms with E-state index < -0.39 is 0 Å². The standard InChI is InChI=1S/C21H23FN4O2S/c22-17-5-3-16(4-6-17)20-23-18(15-29-20)7-8-19(27)24-11-13-26(14-12-24)21(28)25-9-1-2-10-25/h3-8,15H,1-2,9-14H2. The van der Waals surface area contributed by atoms with Crippen LogP contribution in [0, 0.1) is 5.82 Å². The van der Waals surface area contributed by atoms with Gasteiger partial charge >= 0.3 is 6.03 Å². The second-order valence-electron chi connectivity index (χ2n) is 7.21. The fourth-order valence-electron chi connectivity index (χ4n) is 3.58. The molecule has 0 saturated carbocycles. The van der Waals surface area contributed by atoms with E-state index in [-0.39, 0.29) is 17.8 Å². The molecule has 1 aromatic carbocycles. The van der Waals surface area contributed by atoms with Gasteiger partial charge in [0.25, 0.3) is 0 Å². The van der Waals surface area contributed by atoms with Crippen LogP contribution >= 0.6 is 11.3 Å². The highest BCUT2D eigenvalue weighted by Crippen LogP contribution is 2.24. The van der Waals surface area contributed by atoms with Gasteiger partial charge in [-0.1, -0.05) is 0 Å². The third kappa shape index (κ3) is 4.64. The van der Waals surface area contributed by atoms with E-state index in [0.29, 0.717) is 31.9 Å². The van der Waals surface area contributed by atoms with Gasteiger partial charge < -0.3 is 14.7 Å². The highest BCUT2D eigenvalue weighted by Gasteiger charge is 2.27. The zero-order valence-corrected chi connectivity index (χ0v) is 16.9. The molecule has 2 fully saturated rings. The molecule has 3 heterocycles. The molecule has 2 aliphatic rings. The number of aromatic nitrogens is 1. The minimum absolute atomic E-state index is 0.0744. The van der Waals surface area contributed by atoms with E-state index in [1.807, 2.05) is 15.2 Å². The van der Waals surface area contributed by atoms with E-state index >= 15 is 0 Å². The van der Waals surface area contributed by atoms with E-state index in [9.17, 15) is 14.0 Å². The highest BCUT2D eigenvalue weighted by atomic mass is 32.1. The van der Waals surface area contributed by atoms with Crippen LogP contribution in [0.2, 0.25) is 0 Å². The zero-order chi connectivity index (χ0) is 20.2. The van der Waals surface area contributed by atoms with E-state index in [4.69, 9.17) is 0 Å². The Morgan fingerprint density at radius 3 is 2.24 bits per heavy atom. The molecule has 3 amide bonds. The van der Waals surface area contributed by atoms with E-state index in [1.165, 1.54) is 29.5 Å². The number of halogens is 1. The maximum Gasteiger partial charge on any atom is 0.320 e. The monoisotopic (exact) mass is 414 g/mol. The van der Waals surface area contributed by atoms with Gasteiger partial charge in [-0.3, -0.25) is 4.79 Å². The van der Waals surface area contributed by atoms with Crippen molar-refractivity contribution in [2.75, 3.05) is 39.3 Å². The first-order valence-corrected chi connectivity index (χ1v) is 10.7. The molecule has 6 nitrogen and oxygen atoms in total. The van der Waals surface area contributed by atoms with Crippen molar-refractivity contribution in [2.45, 2.75) is 12.8 Å². The lowest BCUT2D eigenvalue weighted by Crippen LogP contribution is -2.53. The summed E-state index contributed by atoms with van der Waals surface area (Å²) >= 11 is 1.45. The molecule has 0 unspecified atom stereocenters. The summed E-state index contributed by atoms with van der Waals surface area (Å²) < 4.78 is 13.0. The lowest BCUT2D eigenvalue weighted by Gasteiger charge is -2.36. The fourth-order valence-corrected chi connectivity index (χ4v) is 4.37. The molecule has 2 aromatic rings. The van der Waals surface area contributed by atoms with Crippen LogP contribution in [-0.4, -0.2) is 70.9 Å². The van der Waals surface area contributed by atoms with Crippen molar-refractivity contribution in [1.82, 2.24) is 19.7 Å². The van der Waals surface area contributed by atoms with Gasteiger partial charge in [-0.15, -0.1) is 11.3 Å². The Morgan fingerprint density at radius 1 is 0.931 bits per heavy atom. The molecule has 152 valence electrons. The number of urea groups is 1. The normalized spacial score (nSPS) is 17.3. The van der Waals surface area contributed by atoms with Crippen molar-refractivity contribution in [3.05, 3.63) is 47.2 Å². The van der Waals surface area contributed by atoms with Gasteiger partial charge in [-0.25, -0.2) is 14.2 Å². The van der Waals surface area contributed by atoms with Gasteiger partial charge in [-0.05, 0) is 43.2 Å². The average Bonchev–Trinajstić information content (AvgIpc) is 3.44. The summed E-state index contributed by atoms with van der Waals surface area (Å²) in [5.74, 6) is -0.354. The zero-order valence-electron chi connectivity index (χ0n) is 16.1. The molecule has 2 saturated heterocycles. The Hall–Kier alpha value is -2.74. The first kappa shape index (κ1) is 19.6. The largest absolute Gasteiger partial charge is 0.336 e. The fraction of sp³-hybridized carbons (Fsp3) is 0.381. The number of likely N-dealkylation sites (tertiary alicyclic amines) is 1. The molecular formula is C21H23FN4O2S. The number of amides is 3. The summed E-state index contributed by atoms with van der Waals surface area (Å²) in [6, 6.07) is 6.29. The van der Waals surface area contributed by atoms with Crippen molar-refractivity contribution in [3.63, 3.8) is 0 Å². The molecule has 2 aliphatic heterocycles. The predicted octanol–water partition coefficient (Wildman–Crippen LogP) is 3.32. The van der Waals surface area contributed by atoms with Gasteiger partial charge in [0.2, 0.25) is 5.91 Å². The van der Waals surface area contributed by atoms with Crippen molar-refractivity contribution < 1.29 is 14.0 Å². The molecular weight excluding hydrogens is 391 g/mol. The molecule has 4 rings (SSSR count). The first-order valence-electron chi connectivity index (χ1n) is 9.82. The van der Waals surface area contributed by atoms with Crippen LogP contribution < -0.4 is 0 Å². The van der Waals surface area contributed by atoms with Crippen LogP contribution in [0.5, 0.6) is 0 Å². The Morgan fingerprint density at radius 2 is 1.55 bits per heavy atom. The second-order valence-corrected chi connectivity index (χ2v) is 8.06. The summed E-state index contributed by atoms with van der Waals surface area (Å²) in [4.78, 5) is 34.9. The highest BCUT2D eigenvalue weighted by molar-refractivity contribution is 7.13. The van der Waals surface area contributed by atoms with Crippen molar-refractivity contribution in [3.8, 4) is 10.6 Å². The third-order valence-electron chi connectivity index (χ3n) is 5.25. The Bertz CT molecular complexity index is 898. The van der Waals surface area contributed by atoms with Gasteiger partial charge in [0.05, 0.1) is 5.69 Å². The predicted molar refractivity (Wildman–Crippen MR) is 111 cm³/mol. The topological polar surface area (TPSA) is 56.8 Å². The number of hydrogen-bond acceptors (Lipinski definition) is 4. The van der Waals surface area contributed by atoms with Gasteiger partial charge in [0.15, 0.2) is 0 Å². The Balaban J connectivity index is 1.30. The van der Waals surface area contributed by atoms with Crippen LogP contribution in [0.4, 0.5) is 9.18 Å². The molecule has 0 atom stereocenters. The quantitative estimate of drug-likeness (QED) is 0.724. The summed E-state index contributed by atoms with van der Waals surface area (Å²) in [6.45, 7) is 3.91. The number of benzene rings is 1. The SMILES string of the molecule is O=C(C=Cc1csc(-c2ccc(F)cc2)n1)N1CCN(C(=O)N2CCCC2)CC1. The third-order valence-corrected chi connectivity index (χ3v) is 6.16. The van der Waals surface area contributed by atoms with Crippen LogP contribution in [0.25, 0.3) is 16.6 Å². The number of piperazine rings is 1. The van der Waals surface area contributed by atoms with Crippen molar-refractivity contribution in [1.29, 1.82) is 0 Å². The molecule has 0 radical (unpaired) electrons. The van der Waals surface area contributed by atoms with E-state index in [1.54, 1.807) is 23.1 Å². The summed E-state index contributed by atoms with van der Waals surface area (Å²) in [7, 11) is 0. The maximum absolute atomic E-state index is 13.0. The number of thiazole rings is 1. The molecule has 8 heteroatoms. The van der Waals surface area contributed by atoms with Crippen LogP contribution in [0.15, 0.2) is 35.7 Å². The van der Waals surface area contributed by atoms with E-state index in [0.717, 1.165) is 36.5 Å². The minimum Gasteiger partial charge on any atom is -0.336 e. The van der Waals surface area contributed by atoms with E-state index in [2.05, 4.69) is 4.98 Å². The number of carbonyl (C=O) groups excluding carboxylic acids is 2. The Labute approximate surface area is 173 Å². The first-order chi connectivity index (χ1) is 14.1. The van der Waals surface area contributed by atoms with Gasteiger partial charge in [0, 0.05) is 56.3 Å². The molecule has 0 N–H and O–H groups in total. The smallest absolute Gasteiger partial charge is 0.320 e. The summed E-state index contributed by atoms with van der Waals surface area (Å²) in [5, 5.41) is 2.65. The van der Waals surface area contributed by atoms with Crippen LogP contribution in [0.3, 0.4) is 0 Å². The maximum atomic E-state index is 13.0. The molecule has 1 aromatic heterocycles. The molecule has 0 spiro atoms. The molecule has 0 aliphatic carbocycles. The number of carbonyl (C=O) groups is 2. The lowest BCUT2D eigenvalue weighted by atomic mass is 10.2. The number of hydrogen-bond donors (Lipinski definition) is 0. The number of nitrogens with zero attached hydrogens (tertiary/aromatic N) is 4. The van der Waals surface area contributed by atoms with Crippen LogP contribution in [-0.2, 0) is 4.79 Å². The van der Waals surface area contributed by atoms with Crippen molar-refractivity contribution in [2.24, 2.45) is 0 Å². The summed E-state index contributed by atoms with van der Waals surface area (Å²) in [5.41, 5.74) is 1.55. The minimum atomic E-state index is -0.279. The molecule has 29 heavy (non-hydrogen) atoms. The van der Waals surface area contributed by atoms with Gasteiger partial charge in [0.1, 0.15) is 10.8 Å². The van der Waals surface area contributed by atoms with Gasteiger partial charge in [-0.2, -0.15) is 0 Å². The Kier molecular flexibility index (Phi) is 5.89. The lowest BCUT2D eigenvalue weighted by molar-refractivity contribution is -0.127. The summed E-state index contributed by atoms with van der Waals surface area (Å²) in [6.07, 6.45) is 5.39. The second kappa shape index (κ2) is 8.73. The molecule has 0 bridgehead atoms. The van der Waals surface area contributed by atoms with Crippen LogP contribution in [0.1, 0.15) is 18.5 Å².